The first-order chi connectivity index (χ1) is 36.3. The first-order valence-electron chi connectivity index (χ1n) is 25.0. The quantitative estimate of drug-likeness (QED) is 0.0387. The van der Waals surface area contributed by atoms with Crippen molar-refractivity contribution in [3.63, 3.8) is 0 Å². The van der Waals surface area contributed by atoms with E-state index in [4.69, 9.17) is 28.8 Å². The second-order valence-corrected chi connectivity index (χ2v) is 23.5. The van der Waals surface area contributed by atoms with Crippen molar-refractivity contribution in [2.75, 3.05) is 60.5 Å². The van der Waals surface area contributed by atoms with Gasteiger partial charge in [0.25, 0.3) is 0 Å². The van der Waals surface area contributed by atoms with E-state index in [-0.39, 0.29) is 74.9 Å². The summed E-state index contributed by atoms with van der Waals surface area (Å²) in [4.78, 5) is 61.5. The number of anilines is 2. The Morgan fingerprint density at radius 3 is 1.38 bits per heavy atom. The van der Waals surface area contributed by atoms with Crippen molar-refractivity contribution in [3.05, 3.63) is 107 Å². The molecule has 2 aliphatic rings. The van der Waals surface area contributed by atoms with Gasteiger partial charge in [0.05, 0.1) is 54.6 Å². The number of Topliss-reactive ketones (excluding diaryl/α,β-unsaturated/α-hetero) is 2. The SMILES string of the molecule is CCC(=O)c1c(-c2ccc(F)cc2)oc2cc(N(CCOC(=O)CN)S(C)(=O)=O)c(C3CC3)cc12.CCC(=O)c1c(-c2ccc(F)cc2)oc2cc(N(CCOC(=O)CNC(=O)OC(C)(C)C)S(C)(=O)=O)c(C3CC3)cc12. The van der Waals surface area contributed by atoms with E-state index in [1.54, 1.807) is 52.8 Å². The lowest BCUT2D eigenvalue weighted by Crippen LogP contribution is -2.37. The van der Waals surface area contributed by atoms with Crippen molar-refractivity contribution >= 4 is 83.0 Å². The summed E-state index contributed by atoms with van der Waals surface area (Å²) < 4.78 is 108. The van der Waals surface area contributed by atoms with Crippen LogP contribution in [0.15, 0.2) is 81.6 Å². The second kappa shape index (κ2) is 23.6. The number of sulfonamides is 2. The molecular weight excluding hydrogens is 1040 g/mol. The van der Waals surface area contributed by atoms with Crippen molar-refractivity contribution in [2.24, 2.45) is 5.73 Å². The number of fused-ring (bicyclic) bond motifs is 2. The van der Waals surface area contributed by atoms with Gasteiger partial charge in [-0.2, -0.15) is 0 Å². The summed E-state index contributed by atoms with van der Waals surface area (Å²) in [6, 6.07) is 18.1. The van der Waals surface area contributed by atoms with Gasteiger partial charge in [0.15, 0.2) is 11.6 Å². The largest absolute Gasteiger partial charge is 0.463 e. The molecule has 8 rings (SSSR count). The number of hydrogen-bond acceptors (Lipinski definition) is 15. The number of furan rings is 2. The number of hydrogen-bond donors (Lipinski definition) is 2. The van der Waals surface area contributed by atoms with Crippen molar-refractivity contribution in [3.8, 4) is 22.6 Å². The highest BCUT2D eigenvalue weighted by molar-refractivity contribution is 7.92. The van der Waals surface area contributed by atoms with Gasteiger partial charge in [0, 0.05) is 46.9 Å². The van der Waals surface area contributed by atoms with E-state index in [0.29, 0.717) is 61.3 Å². The average molecular weight is 1110 g/mol. The zero-order valence-electron chi connectivity index (χ0n) is 43.8. The molecule has 6 aromatic rings. The lowest BCUT2D eigenvalue weighted by Gasteiger charge is -2.25. The molecule has 2 saturated carbocycles. The molecule has 22 heteroatoms. The first kappa shape index (κ1) is 57.5. The van der Waals surface area contributed by atoms with Crippen LogP contribution >= 0.6 is 0 Å². The first-order valence-corrected chi connectivity index (χ1v) is 28.7. The normalized spacial score (nSPS) is 13.6. The highest BCUT2D eigenvalue weighted by atomic mass is 32.2. The number of amides is 1. The Labute approximate surface area is 445 Å². The smallest absolute Gasteiger partial charge is 0.408 e. The summed E-state index contributed by atoms with van der Waals surface area (Å²) >= 11 is 0. The number of nitrogens with two attached hydrogens (primary N) is 1. The van der Waals surface area contributed by atoms with Gasteiger partial charge in [-0.3, -0.25) is 27.8 Å². The van der Waals surface area contributed by atoms with E-state index in [9.17, 15) is 49.6 Å². The zero-order chi connectivity index (χ0) is 56.1. The third kappa shape index (κ3) is 14.3. The molecular formula is C55H62F2N4O14S2. The van der Waals surface area contributed by atoms with Gasteiger partial charge < -0.3 is 34.1 Å². The molecule has 2 heterocycles. The molecule has 2 fully saturated rings. The third-order valence-corrected chi connectivity index (χ3v) is 14.9. The van der Waals surface area contributed by atoms with Gasteiger partial charge in [-0.05, 0) is 130 Å². The van der Waals surface area contributed by atoms with Gasteiger partial charge in [0.1, 0.15) is 59.7 Å². The zero-order valence-corrected chi connectivity index (χ0v) is 45.5. The molecule has 0 unspecified atom stereocenters. The summed E-state index contributed by atoms with van der Waals surface area (Å²) in [7, 11) is -7.58. The minimum absolute atomic E-state index is 0.0861. The van der Waals surface area contributed by atoms with E-state index in [0.717, 1.165) is 53.6 Å². The molecule has 0 atom stereocenters. The molecule has 4 aromatic carbocycles. The number of nitrogens with zero attached hydrogens (tertiary/aromatic N) is 2. The lowest BCUT2D eigenvalue weighted by molar-refractivity contribution is -0.142. The van der Waals surface area contributed by atoms with Crippen LogP contribution in [0.1, 0.15) is 117 Å². The summed E-state index contributed by atoms with van der Waals surface area (Å²) in [6.07, 6.45) is 5.28. The van der Waals surface area contributed by atoms with Crippen molar-refractivity contribution < 1.29 is 72.6 Å². The Hall–Kier alpha value is -7.17. The number of rotatable bonds is 21. The Bertz CT molecular complexity index is 3430. The molecule has 0 saturated heterocycles. The number of alkyl carbamates (subject to hydrolysis) is 1. The Balaban J connectivity index is 0.000000227. The van der Waals surface area contributed by atoms with Gasteiger partial charge in [0.2, 0.25) is 20.0 Å². The minimum atomic E-state index is -3.84. The van der Waals surface area contributed by atoms with Crippen molar-refractivity contribution in [1.82, 2.24) is 5.32 Å². The van der Waals surface area contributed by atoms with Gasteiger partial charge >= 0.3 is 18.0 Å². The second-order valence-electron chi connectivity index (χ2n) is 19.7. The van der Waals surface area contributed by atoms with Crippen LogP contribution in [0.25, 0.3) is 44.6 Å². The van der Waals surface area contributed by atoms with Crippen molar-refractivity contribution in [1.29, 1.82) is 0 Å². The Kier molecular flexibility index (Phi) is 17.6. The van der Waals surface area contributed by atoms with Crippen LogP contribution in [0, 0.1) is 11.6 Å². The molecule has 0 spiro atoms. The maximum Gasteiger partial charge on any atom is 0.408 e. The lowest BCUT2D eigenvalue weighted by atomic mass is 9.97. The Morgan fingerprint density at radius 1 is 0.649 bits per heavy atom. The Morgan fingerprint density at radius 2 is 1.04 bits per heavy atom. The van der Waals surface area contributed by atoms with Gasteiger partial charge in [-0.25, -0.2) is 30.4 Å². The predicted molar refractivity (Wildman–Crippen MR) is 286 cm³/mol. The van der Waals surface area contributed by atoms with E-state index >= 15 is 0 Å². The minimum Gasteiger partial charge on any atom is -0.463 e. The highest BCUT2D eigenvalue weighted by Gasteiger charge is 2.35. The third-order valence-electron chi connectivity index (χ3n) is 12.5. The number of ether oxygens (including phenoxy) is 3. The van der Waals surface area contributed by atoms with Crippen LogP contribution < -0.4 is 19.7 Å². The highest BCUT2D eigenvalue weighted by Crippen LogP contribution is 2.50. The molecule has 0 radical (unpaired) electrons. The fraction of sp³-hybridized carbons (Fsp3) is 0.400. The molecule has 0 bridgehead atoms. The van der Waals surface area contributed by atoms with Gasteiger partial charge in [-0.1, -0.05) is 13.8 Å². The fourth-order valence-electron chi connectivity index (χ4n) is 8.67. The van der Waals surface area contributed by atoms with Crippen LogP contribution in [-0.2, 0) is 43.8 Å². The van der Waals surface area contributed by atoms with E-state index in [2.05, 4.69) is 5.32 Å². The predicted octanol–water partition coefficient (Wildman–Crippen LogP) is 9.52. The monoisotopic (exact) mass is 1100 g/mol. The van der Waals surface area contributed by atoms with Crippen molar-refractivity contribution in [2.45, 2.75) is 90.6 Å². The van der Waals surface area contributed by atoms with Crippen LogP contribution in [0.3, 0.4) is 0 Å². The molecule has 2 aromatic heterocycles. The number of carbonyl (C=O) groups is 5. The average Bonchev–Trinajstić information content (AvgIpc) is 4.42. The molecule has 3 N–H and O–H groups in total. The van der Waals surface area contributed by atoms with E-state index < -0.39 is 61.9 Å². The number of ketones is 2. The van der Waals surface area contributed by atoms with E-state index in [1.807, 2.05) is 6.07 Å². The van der Waals surface area contributed by atoms with Crippen LogP contribution in [0.4, 0.5) is 25.0 Å². The molecule has 18 nitrogen and oxygen atoms in total. The standard InChI is InChI=1S/C30H35FN2O8S.C25H27FN2O6S/c1-6-24(34)27-22-15-21(18-7-8-18)23(16-25(22)40-28(27)19-9-11-20(31)12-10-19)33(42(5,37)38)13-14-39-26(35)17-32-29(36)41-30(2,3)4;1-3-21(29)24-19-12-18(15-4-5-15)20(28(35(2,31)32)10-11-33-23(30)14-27)13-22(19)34-25(24)16-6-8-17(26)9-7-16/h9-12,15-16,18H,6-8,13-14,17H2,1-5H3,(H,32,36);6-9,12-13,15H,3-5,10-11,14,27H2,1-2H3. The number of esters is 2. The molecule has 2 aliphatic carbocycles. The molecule has 77 heavy (non-hydrogen) atoms. The summed E-state index contributed by atoms with van der Waals surface area (Å²) in [5.74, 6) is -1.70. The van der Waals surface area contributed by atoms with Crippen LogP contribution in [0.5, 0.6) is 0 Å². The summed E-state index contributed by atoms with van der Waals surface area (Å²) in [5, 5.41) is 3.44. The van der Waals surface area contributed by atoms with Gasteiger partial charge in [-0.15, -0.1) is 0 Å². The number of carbonyl (C=O) groups excluding carboxylic acids is 5. The van der Waals surface area contributed by atoms with Crippen LogP contribution in [-0.4, -0.2) is 104 Å². The molecule has 0 aliphatic heterocycles. The van der Waals surface area contributed by atoms with Crippen LogP contribution in [0.2, 0.25) is 0 Å². The summed E-state index contributed by atoms with van der Waals surface area (Å²) in [5.41, 5.74) is 9.30. The molecule has 1 amide bonds. The maximum absolute atomic E-state index is 13.6. The number of nitrogens with one attached hydrogen (secondary N) is 1. The number of halogens is 2. The number of benzene rings is 4. The topological polar surface area (TPSA) is 252 Å². The molecule has 412 valence electrons. The fourth-order valence-corrected chi connectivity index (χ4v) is 10.5. The summed E-state index contributed by atoms with van der Waals surface area (Å²) in [6.45, 7) is 7.08. The van der Waals surface area contributed by atoms with E-state index in [1.165, 1.54) is 52.8 Å². The maximum atomic E-state index is 13.6.